The number of carboxylic acid groups (broad SMARTS) is 2. The Morgan fingerprint density at radius 2 is 1.72 bits per heavy atom. The molecular formula is C10H18O7S. The maximum absolute atomic E-state index is 11.0. The van der Waals surface area contributed by atoms with Crippen LogP contribution in [0, 0.1) is 11.8 Å². The molecule has 0 bridgehead atoms. The first kappa shape index (κ1) is 16.9. The lowest BCUT2D eigenvalue weighted by Gasteiger charge is -2.21. The highest BCUT2D eigenvalue weighted by molar-refractivity contribution is 7.85. The van der Waals surface area contributed by atoms with Gasteiger partial charge in [-0.05, 0) is 18.8 Å². The third-order valence-corrected chi connectivity index (χ3v) is 3.49. The number of aliphatic carboxylic acids is 2. The Morgan fingerprint density at radius 3 is 2.06 bits per heavy atom. The first-order valence-corrected chi connectivity index (χ1v) is 7.18. The zero-order valence-electron chi connectivity index (χ0n) is 10.1. The SMILES string of the molecule is CCCC(CS(=O)(=O)O)C(CCC(=O)O)C(=O)O. The van der Waals surface area contributed by atoms with Gasteiger partial charge in [-0.2, -0.15) is 8.42 Å². The van der Waals surface area contributed by atoms with Gasteiger partial charge in [0, 0.05) is 6.42 Å². The molecule has 0 saturated carbocycles. The third kappa shape index (κ3) is 7.23. The molecule has 0 aromatic carbocycles. The van der Waals surface area contributed by atoms with Gasteiger partial charge in [-0.15, -0.1) is 0 Å². The fourth-order valence-corrected chi connectivity index (χ4v) is 2.82. The molecule has 2 unspecified atom stereocenters. The molecule has 0 amide bonds. The summed E-state index contributed by atoms with van der Waals surface area (Å²) in [5, 5.41) is 17.5. The largest absolute Gasteiger partial charge is 0.481 e. The van der Waals surface area contributed by atoms with Crippen molar-refractivity contribution in [2.45, 2.75) is 32.6 Å². The molecule has 7 nitrogen and oxygen atoms in total. The molecule has 0 aromatic rings. The second-order valence-corrected chi connectivity index (χ2v) is 5.67. The van der Waals surface area contributed by atoms with Gasteiger partial charge >= 0.3 is 11.9 Å². The molecule has 0 saturated heterocycles. The Balaban J connectivity index is 4.86. The summed E-state index contributed by atoms with van der Waals surface area (Å²) in [6, 6.07) is 0. The molecule has 8 heteroatoms. The Kier molecular flexibility index (Phi) is 6.85. The zero-order chi connectivity index (χ0) is 14.3. The molecule has 0 spiro atoms. The van der Waals surface area contributed by atoms with Gasteiger partial charge in [0.1, 0.15) is 0 Å². The Hall–Kier alpha value is -1.15. The molecule has 0 aliphatic heterocycles. The first-order chi connectivity index (χ1) is 8.17. The summed E-state index contributed by atoms with van der Waals surface area (Å²) in [6.07, 6.45) is 0.362. The van der Waals surface area contributed by atoms with Crippen LogP contribution in [0.3, 0.4) is 0 Å². The second-order valence-electron chi connectivity index (χ2n) is 4.17. The Labute approximate surface area is 106 Å². The summed E-state index contributed by atoms with van der Waals surface area (Å²) >= 11 is 0. The van der Waals surface area contributed by atoms with E-state index in [1.54, 1.807) is 6.92 Å². The fourth-order valence-electron chi connectivity index (χ4n) is 1.88. The van der Waals surface area contributed by atoms with Gasteiger partial charge in [0.05, 0.1) is 11.7 Å². The molecule has 2 atom stereocenters. The lowest BCUT2D eigenvalue weighted by atomic mass is 9.86. The third-order valence-electron chi connectivity index (χ3n) is 2.64. The highest BCUT2D eigenvalue weighted by Crippen LogP contribution is 2.24. The molecule has 0 radical (unpaired) electrons. The van der Waals surface area contributed by atoms with E-state index in [2.05, 4.69) is 0 Å². The van der Waals surface area contributed by atoms with E-state index in [9.17, 15) is 18.0 Å². The summed E-state index contributed by atoms with van der Waals surface area (Å²) in [7, 11) is -4.27. The molecule has 0 heterocycles. The van der Waals surface area contributed by atoms with Crippen LogP contribution in [0.1, 0.15) is 32.6 Å². The van der Waals surface area contributed by atoms with Crippen LogP contribution < -0.4 is 0 Å². The van der Waals surface area contributed by atoms with E-state index in [1.807, 2.05) is 0 Å². The number of carbonyl (C=O) groups is 2. The normalized spacial score (nSPS) is 15.0. The summed E-state index contributed by atoms with van der Waals surface area (Å²) in [4.78, 5) is 21.5. The van der Waals surface area contributed by atoms with E-state index in [4.69, 9.17) is 14.8 Å². The van der Waals surface area contributed by atoms with Crippen molar-refractivity contribution < 1.29 is 32.8 Å². The van der Waals surface area contributed by atoms with Crippen LogP contribution in [-0.4, -0.2) is 40.9 Å². The molecule has 0 aliphatic rings. The molecule has 3 N–H and O–H groups in total. The van der Waals surface area contributed by atoms with Crippen LogP contribution in [-0.2, 0) is 19.7 Å². The minimum Gasteiger partial charge on any atom is -0.481 e. The van der Waals surface area contributed by atoms with Gasteiger partial charge in [0.15, 0.2) is 0 Å². The van der Waals surface area contributed by atoms with Gasteiger partial charge in [-0.25, -0.2) is 0 Å². The van der Waals surface area contributed by atoms with E-state index in [1.165, 1.54) is 0 Å². The lowest BCUT2D eigenvalue weighted by Crippen LogP contribution is -2.30. The molecule has 0 aromatic heterocycles. The number of hydrogen-bond acceptors (Lipinski definition) is 4. The van der Waals surface area contributed by atoms with Gasteiger partial charge in [0.2, 0.25) is 0 Å². The van der Waals surface area contributed by atoms with Crippen LogP contribution in [0.2, 0.25) is 0 Å². The Bertz CT molecular complexity index is 387. The van der Waals surface area contributed by atoms with E-state index >= 15 is 0 Å². The first-order valence-electron chi connectivity index (χ1n) is 5.57. The molecule has 0 rings (SSSR count). The summed E-state index contributed by atoms with van der Waals surface area (Å²) in [5.74, 6) is -4.89. The van der Waals surface area contributed by atoms with Gasteiger partial charge in [0.25, 0.3) is 10.1 Å². The highest BCUT2D eigenvalue weighted by atomic mass is 32.2. The smallest absolute Gasteiger partial charge is 0.306 e. The quantitative estimate of drug-likeness (QED) is 0.535. The van der Waals surface area contributed by atoms with Crippen molar-refractivity contribution in [3.63, 3.8) is 0 Å². The van der Waals surface area contributed by atoms with E-state index in [0.717, 1.165) is 0 Å². The highest BCUT2D eigenvalue weighted by Gasteiger charge is 2.31. The minimum absolute atomic E-state index is 0.148. The minimum atomic E-state index is -4.27. The maximum atomic E-state index is 11.0. The lowest BCUT2D eigenvalue weighted by molar-refractivity contribution is -0.144. The molecule has 106 valence electrons. The van der Waals surface area contributed by atoms with Crippen molar-refractivity contribution in [3.05, 3.63) is 0 Å². The van der Waals surface area contributed by atoms with Crippen molar-refractivity contribution in [2.24, 2.45) is 11.8 Å². The van der Waals surface area contributed by atoms with Crippen molar-refractivity contribution in [2.75, 3.05) is 5.75 Å². The molecule has 0 aliphatic carbocycles. The summed E-state index contributed by atoms with van der Waals surface area (Å²) < 4.78 is 30.4. The molecule has 18 heavy (non-hydrogen) atoms. The maximum Gasteiger partial charge on any atom is 0.306 e. The van der Waals surface area contributed by atoms with Gasteiger partial charge < -0.3 is 10.2 Å². The standard InChI is InChI=1S/C10H18O7S/c1-2-3-7(6-18(15,16)17)8(10(13)14)4-5-9(11)12/h7-8H,2-6H2,1H3,(H,11,12)(H,13,14)(H,15,16,17). The van der Waals surface area contributed by atoms with Gasteiger partial charge in [-0.1, -0.05) is 13.3 Å². The van der Waals surface area contributed by atoms with Crippen molar-refractivity contribution in [1.29, 1.82) is 0 Å². The van der Waals surface area contributed by atoms with E-state index in [0.29, 0.717) is 12.8 Å². The fraction of sp³-hybridized carbons (Fsp3) is 0.800. The number of carboxylic acids is 2. The van der Waals surface area contributed by atoms with Gasteiger partial charge in [-0.3, -0.25) is 14.1 Å². The van der Waals surface area contributed by atoms with Crippen molar-refractivity contribution >= 4 is 22.1 Å². The van der Waals surface area contributed by atoms with Crippen LogP contribution in [0.5, 0.6) is 0 Å². The zero-order valence-corrected chi connectivity index (χ0v) is 10.9. The Morgan fingerprint density at radius 1 is 1.17 bits per heavy atom. The molecule has 0 fully saturated rings. The van der Waals surface area contributed by atoms with Crippen LogP contribution >= 0.6 is 0 Å². The summed E-state index contributed by atoms with van der Waals surface area (Å²) in [6.45, 7) is 1.76. The average molecular weight is 282 g/mol. The van der Waals surface area contributed by atoms with Crippen molar-refractivity contribution in [1.82, 2.24) is 0 Å². The van der Waals surface area contributed by atoms with Crippen LogP contribution in [0.15, 0.2) is 0 Å². The van der Waals surface area contributed by atoms with E-state index in [-0.39, 0.29) is 12.8 Å². The monoisotopic (exact) mass is 282 g/mol. The predicted octanol–water partition coefficient (Wildman–Crippen LogP) is 0.856. The average Bonchev–Trinajstić information content (AvgIpc) is 2.14. The van der Waals surface area contributed by atoms with E-state index < -0.39 is 39.6 Å². The predicted molar refractivity (Wildman–Crippen MR) is 62.8 cm³/mol. The second kappa shape index (κ2) is 7.32. The topological polar surface area (TPSA) is 129 Å². The van der Waals surface area contributed by atoms with Crippen LogP contribution in [0.4, 0.5) is 0 Å². The molecular weight excluding hydrogens is 264 g/mol. The summed E-state index contributed by atoms with van der Waals surface area (Å²) in [5.41, 5.74) is 0. The van der Waals surface area contributed by atoms with Crippen LogP contribution in [0.25, 0.3) is 0 Å². The number of hydrogen-bond donors (Lipinski definition) is 3. The number of rotatable bonds is 9. The van der Waals surface area contributed by atoms with Crippen molar-refractivity contribution in [3.8, 4) is 0 Å².